The number of nitrogens with one attached hydrogen (secondary N) is 1. The smallest absolute Gasteiger partial charge is 0.234 e. The maximum Gasteiger partial charge on any atom is 0.234 e. The van der Waals surface area contributed by atoms with E-state index in [9.17, 15) is 4.79 Å². The number of nitrogens with zero attached hydrogens (tertiary/aromatic N) is 1. The van der Waals surface area contributed by atoms with Gasteiger partial charge in [-0.3, -0.25) is 9.69 Å². The molecule has 1 aliphatic rings. The minimum Gasteiger partial charge on any atom is -0.395 e. The highest BCUT2D eigenvalue weighted by atomic mass is 16.5. The molecule has 0 radical (unpaired) electrons. The van der Waals surface area contributed by atoms with Crippen LogP contribution in [0.1, 0.15) is 6.92 Å². The molecule has 0 aliphatic carbocycles. The van der Waals surface area contributed by atoms with E-state index in [0.717, 1.165) is 0 Å². The predicted molar refractivity (Wildman–Crippen MR) is 62.7 cm³/mol. The number of aliphatic hydroxyl groups is 1. The first-order valence-electron chi connectivity index (χ1n) is 5.88. The number of hydrogen-bond acceptors (Lipinski definition) is 5. The quantitative estimate of drug-likeness (QED) is 0.618. The second kappa shape index (κ2) is 7.60. The molecule has 6 heteroatoms. The monoisotopic (exact) mass is 246 g/mol. The van der Waals surface area contributed by atoms with E-state index >= 15 is 0 Å². The summed E-state index contributed by atoms with van der Waals surface area (Å²) >= 11 is 0. The molecule has 0 aromatic carbocycles. The Morgan fingerprint density at radius 1 is 1.71 bits per heavy atom. The molecule has 1 fully saturated rings. The van der Waals surface area contributed by atoms with Crippen LogP contribution in [-0.2, 0) is 14.3 Å². The number of amides is 1. The van der Waals surface area contributed by atoms with Crippen molar-refractivity contribution in [2.75, 3.05) is 46.6 Å². The molecule has 1 heterocycles. The Morgan fingerprint density at radius 2 is 2.47 bits per heavy atom. The molecular weight excluding hydrogens is 224 g/mol. The summed E-state index contributed by atoms with van der Waals surface area (Å²) < 4.78 is 10.2. The number of hydrogen-bond donors (Lipinski definition) is 2. The summed E-state index contributed by atoms with van der Waals surface area (Å²) in [7, 11) is 1.60. The number of rotatable bonds is 6. The van der Waals surface area contributed by atoms with E-state index in [0.29, 0.717) is 32.9 Å². The lowest BCUT2D eigenvalue weighted by atomic mass is 10.2. The molecule has 2 unspecified atom stereocenters. The molecule has 0 bridgehead atoms. The maximum atomic E-state index is 11.7. The van der Waals surface area contributed by atoms with Crippen molar-refractivity contribution in [1.29, 1.82) is 0 Å². The van der Waals surface area contributed by atoms with Crippen molar-refractivity contribution in [1.82, 2.24) is 10.2 Å². The first-order chi connectivity index (χ1) is 8.17. The lowest BCUT2D eigenvalue weighted by Crippen LogP contribution is -2.52. The molecule has 0 saturated carbocycles. The zero-order valence-corrected chi connectivity index (χ0v) is 10.5. The summed E-state index contributed by atoms with van der Waals surface area (Å²) in [4.78, 5) is 13.7. The molecule has 1 saturated heterocycles. The Hall–Kier alpha value is -0.690. The third-order valence-corrected chi connectivity index (χ3v) is 2.73. The lowest BCUT2D eigenvalue weighted by molar-refractivity contribution is -0.126. The number of carbonyl (C=O) groups is 1. The van der Waals surface area contributed by atoms with E-state index in [1.54, 1.807) is 7.11 Å². The topological polar surface area (TPSA) is 71.0 Å². The Labute approximate surface area is 102 Å². The van der Waals surface area contributed by atoms with Gasteiger partial charge in [0, 0.05) is 19.7 Å². The normalized spacial score (nSPS) is 23.4. The van der Waals surface area contributed by atoms with Crippen molar-refractivity contribution in [3.63, 3.8) is 0 Å². The molecule has 1 aliphatic heterocycles. The Bertz CT molecular complexity index is 238. The summed E-state index contributed by atoms with van der Waals surface area (Å²) in [6.45, 7) is 4.47. The third kappa shape index (κ3) is 4.99. The molecule has 2 N–H and O–H groups in total. The summed E-state index contributed by atoms with van der Waals surface area (Å²) in [5.41, 5.74) is 0. The van der Waals surface area contributed by atoms with Crippen LogP contribution >= 0.6 is 0 Å². The number of morpholine rings is 1. The van der Waals surface area contributed by atoms with Crippen molar-refractivity contribution >= 4 is 5.91 Å². The Balaban J connectivity index is 2.33. The van der Waals surface area contributed by atoms with Crippen LogP contribution in [0.2, 0.25) is 0 Å². The van der Waals surface area contributed by atoms with Crippen molar-refractivity contribution in [3.8, 4) is 0 Å². The summed E-state index contributed by atoms with van der Waals surface area (Å²) in [6.07, 6.45) is 0. The minimum absolute atomic E-state index is 0.00103. The molecule has 0 spiro atoms. The van der Waals surface area contributed by atoms with Crippen LogP contribution in [0.15, 0.2) is 0 Å². The van der Waals surface area contributed by atoms with Crippen LogP contribution in [0.3, 0.4) is 0 Å². The third-order valence-electron chi connectivity index (χ3n) is 2.73. The van der Waals surface area contributed by atoms with Gasteiger partial charge in [0.15, 0.2) is 0 Å². The first-order valence-corrected chi connectivity index (χ1v) is 5.88. The highest BCUT2D eigenvalue weighted by molar-refractivity contribution is 5.78. The van der Waals surface area contributed by atoms with E-state index in [4.69, 9.17) is 14.6 Å². The first kappa shape index (κ1) is 14.4. The van der Waals surface area contributed by atoms with E-state index in [1.165, 1.54) is 0 Å². The largest absolute Gasteiger partial charge is 0.395 e. The van der Waals surface area contributed by atoms with Gasteiger partial charge in [0.2, 0.25) is 5.91 Å². The molecule has 0 aromatic rings. The molecule has 0 aromatic heterocycles. The fraction of sp³-hybridized carbons (Fsp3) is 0.909. The average Bonchev–Trinajstić information content (AvgIpc) is 2.29. The van der Waals surface area contributed by atoms with Crippen LogP contribution < -0.4 is 5.32 Å². The van der Waals surface area contributed by atoms with Crippen LogP contribution in [0.4, 0.5) is 0 Å². The van der Waals surface area contributed by atoms with Gasteiger partial charge in [0.05, 0.1) is 39.0 Å². The second-order valence-corrected chi connectivity index (χ2v) is 4.31. The Kier molecular flexibility index (Phi) is 6.43. The average molecular weight is 246 g/mol. The maximum absolute atomic E-state index is 11.7. The van der Waals surface area contributed by atoms with Crippen molar-refractivity contribution in [2.45, 2.75) is 19.0 Å². The van der Waals surface area contributed by atoms with Crippen molar-refractivity contribution < 1.29 is 19.4 Å². The number of carbonyl (C=O) groups excluding carboxylic acids is 1. The zero-order valence-electron chi connectivity index (χ0n) is 10.5. The van der Waals surface area contributed by atoms with E-state index in [-0.39, 0.29) is 24.6 Å². The van der Waals surface area contributed by atoms with Crippen LogP contribution in [0.5, 0.6) is 0 Å². The summed E-state index contributed by atoms with van der Waals surface area (Å²) in [5, 5.41) is 12.0. The second-order valence-electron chi connectivity index (χ2n) is 4.31. The molecule has 2 atom stereocenters. The SMILES string of the molecule is COCC(C)NC(=O)CN1CCOCC1CO. The molecule has 1 rings (SSSR count). The molecular formula is C11H22N2O4. The van der Waals surface area contributed by atoms with E-state index < -0.39 is 0 Å². The molecule has 6 nitrogen and oxygen atoms in total. The molecule has 17 heavy (non-hydrogen) atoms. The van der Waals surface area contributed by atoms with Crippen LogP contribution in [0, 0.1) is 0 Å². The van der Waals surface area contributed by atoms with Crippen LogP contribution in [0.25, 0.3) is 0 Å². The summed E-state index contributed by atoms with van der Waals surface area (Å²) in [6, 6.07) is -0.0756. The highest BCUT2D eigenvalue weighted by Gasteiger charge is 2.24. The van der Waals surface area contributed by atoms with Gasteiger partial charge >= 0.3 is 0 Å². The number of aliphatic hydroxyl groups excluding tert-OH is 1. The minimum atomic E-state index is -0.0766. The highest BCUT2D eigenvalue weighted by Crippen LogP contribution is 2.05. The predicted octanol–water partition coefficient (Wildman–Crippen LogP) is -1.17. The van der Waals surface area contributed by atoms with E-state index in [1.807, 2.05) is 11.8 Å². The summed E-state index contributed by atoms with van der Waals surface area (Å²) in [5.74, 6) is -0.0464. The fourth-order valence-corrected chi connectivity index (χ4v) is 1.86. The molecule has 1 amide bonds. The van der Waals surface area contributed by atoms with E-state index in [2.05, 4.69) is 5.32 Å². The van der Waals surface area contributed by atoms with Crippen molar-refractivity contribution in [3.05, 3.63) is 0 Å². The van der Waals surface area contributed by atoms with Gasteiger partial charge in [-0.05, 0) is 6.92 Å². The fourth-order valence-electron chi connectivity index (χ4n) is 1.86. The van der Waals surface area contributed by atoms with Gasteiger partial charge in [0.1, 0.15) is 0 Å². The standard InChI is InChI=1S/C11H22N2O4/c1-9(7-16-2)12-11(15)5-13-3-4-17-8-10(13)6-14/h9-10,14H,3-8H2,1-2H3,(H,12,15). The van der Waals surface area contributed by atoms with Gasteiger partial charge < -0.3 is 19.9 Å². The van der Waals surface area contributed by atoms with Crippen LogP contribution in [-0.4, -0.2) is 74.6 Å². The zero-order chi connectivity index (χ0) is 12.7. The Morgan fingerprint density at radius 3 is 3.12 bits per heavy atom. The number of ether oxygens (including phenoxy) is 2. The van der Waals surface area contributed by atoms with Gasteiger partial charge in [-0.1, -0.05) is 0 Å². The van der Waals surface area contributed by atoms with Gasteiger partial charge in [0.25, 0.3) is 0 Å². The molecule has 100 valence electrons. The van der Waals surface area contributed by atoms with Gasteiger partial charge in [-0.25, -0.2) is 0 Å². The number of methoxy groups -OCH3 is 1. The van der Waals surface area contributed by atoms with Crippen molar-refractivity contribution in [2.24, 2.45) is 0 Å². The van der Waals surface area contributed by atoms with Gasteiger partial charge in [-0.15, -0.1) is 0 Å². The lowest BCUT2D eigenvalue weighted by Gasteiger charge is -2.33. The van der Waals surface area contributed by atoms with Gasteiger partial charge in [-0.2, -0.15) is 0 Å².